The molecule has 0 saturated carbocycles. The van der Waals surface area contributed by atoms with Crippen LogP contribution in [-0.2, 0) is 0 Å². The predicted octanol–water partition coefficient (Wildman–Crippen LogP) is 3.64. The highest BCUT2D eigenvalue weighted by Gasteiger charge is 2.28. The Hall–Kier alpha value is -2.31. The van der Waals surface area contributed by atoms with E-state index in [2.05, 4.69) is 34.4 Å². The standard InChI is InChI=1S/C20H24ClN5O/c1-20(22-2)6-8-25(9-7-20)18-5-4-14(11-23-18)16-10-15(27-3)13-26-19(16)17(21)12-24-26/h4-5,10-13,22H,6-9H2,1-3H3. The lowest BCUT2D eigenvalue weighted by molar-refractivity contribution is 0.304. The van der Waals surface area contributed by atoms with E-state index in [9.17, 15) is 0 Å². The molecule has 0 aliphatic carbocycles. The monoisotopic (exact) mass is 385 g/mol. The van der Waals surface area contributed by atoms with Crippen LogP contribution < -0.4 is 15.0 Å². The molecule has 0 unspecified atom stereocenters. The highest BCUT2D eigenvalue weighted by molar-refractivity contribution is 6.34. The molecule has 4 rings (SSSR count). The lowest BCUT2D eigenvalue weighted by atomic mass is 9.90. The van der Waals surface area contributed by atoms with Gasteiger partial charge in [-0.3, -0.25) is 0 Å². The van der Waals surface area contributed by atoms with E-state index in [1.165, 1.54) is 0 Å². The lowest BCUT2D eigenvalue weighted by Crippen LogP contribution is -2.50. The van der Waals surface area contributed by atoms with Crippen molar-refractivity contribution in [1.29, 1.82) is 0 Å². The number of halogens is 1. The molecule has 0 bridgehead atoms. The minimum atomic E-state index is 0.224. The predicted molar refractivity (Wildman–Crippen MR) is 109 cm³/mol. The zero-order valence-electron chi connectivity index (χ0n) is 15.9. The summed E-state index contributed by atoms with van der Waals surface area (Å²) < 4.78 is 7.15. The molecule has 7 heteroatoms. The van der Waals surface area contributed by atoms with E-state index >= 15 is 0 Å². The average molecular weight is 386 g/mol. The van der Waals surface area contributed by atoms with Gasteiger partial charge in [-0.2, -0.15) is 5.10 Å². The van der Waals surface area contributed by atoms with E-state index in [4.69, 9.17) is 21.3 Å². The first-order valence-electron chi connectivity index (χ1n) is 9.14. The third-order valence-electron chi connectivity index (χ3n) is 5.63. The molecule has 0 atom stereocenters. The van der Waals surface area contributed by atoms with E-state index in [1.54, 1.807) is 17.8 Å². The summed E-state index contributed by atoms with van der Waals surface area (Å²) in [5, 5.41) is 8.34. The Kier molecular flexibility index (Phi) is 4.70. The van der Waals surface area contributed by atoms with Crippen molar-refractivity contribution in [2.45, 2.75) is 25.3 Å². The third-order valence-corrected chi connectivity index (χ3v) is 5.91. The van der Waals surface area contributed by atoms with Gasteiger partial charge < -0.3 is 15.0 Å². The van der Waals surface area contributed by atoms with Crippen molar-refractivity contribution >= 4 is 22.9 Å². The second-order valence-electron chi connectivity index (χ2n) is 7.28. The highest BCUT2D eigenvalue weighted by atomic mass is 35.5. The number of methoxy groups -OCH3 is 1. The van der Waals surface area contributed by atoms with Gasteiger partial charge in [0.15, 0.2) is 0 Å². The fourth-order valence-electron chi connectivity index (χ4n) is 3.60. The Morgan fingerprint density at radius 3 is 2.63 bits per heavy atom. The molecule has 1 fully saturated rings. The van der Waals surface area contributed by atoms with Crippen molar-refractivity contribution in [3.63, 3.8) is 0 Å². The van der Waals surface area contributed by atoms with Crippen molar-refractivity contribution in [2.24, 2.45) is 0 Å². The van der Waals surface area contributed by atoms with Crippen LogP contribution in [0.25, 0.3) is 16.6 Å². The summed E-state index contributed by atoms with van der Waals surface area (Å²) in [6.45, 7) is 4.29. The summed E-state index contributed by atoms with van der Waals surface area (Å²) in [6, 6.07) is 6.14. The molecular weight excluding hydrogens is 362 g/mol. The number of fused-ring (bicyclic) bond motifs is 1. The van der Waals surface area contributed by atoms with Crippen LogP contribution >= 0.6 is 11.6 Å². The van der Waals surface area contributed by atoms with Crippen LogP contribution in [0.15, 0.2) is 36.8 Å². The van der Waals surface area contributed by atoms with Crippen molar-refractivity contribution in [3.8, 4) is 16.9 Å². The molecule has 0 radical (unpaired) electrons. The topological polar surface area (TPSA) is 54.7 Å². The largest absolute Gasteiger partial charge is 0.495 e. The van der Waals surface area contributed by atoms with Crippen molar-refractivity contribution in [1.82, 2.24) is 19.9 Å². The number of nitrogens with one attached hydrogen (secondary N) is 1. The van der Waals surface area contributed by atoms with Gasteiger partial charge in [-0.15, -0.1) is 0 Å². The Morgan fingerprint density at radius 2 is 2.00 bits per heavy atom. The minimum absolute atomic E-state index is 0.224. The van der Waals surface area contributed by atoms with Crippen molar-refractivity contribution < 1.29 is 4.74 Å². The van der Waals surface area contributed by atoms with Gasteiger partial charge in [-0.25, -0.2) is 9.50 Å². The lowest BCUT2D eigenvalue weighted by Gasteiger charge is -2.39. The maximum Gasteiger partial charge on any atom is 0.137 e. The van der Waals surface area contributed by atoms with Crippen LogP contribution in [0.5, 0.6) is 5.75 Å². The molecule has 4 heterocycles. The summed E-state index contributed by atoms with van der Waals surface area (Å²) in [5.41, 5.74) is 3.02. The number of ether oxygens (including phenoxy) is 1. The van der Waals surface area contributed by atoms with Gasteiger partial charge in [-0.1, -0.05) is 11.6 Å². The van der Waals surface area contributed by atoms with Gasteiger partial charge in [0.05, 0.1) is 30.0 Å². The summed E-state index contributed by atoms with van der Waals surface area (Å²) >= 11 is 6.36. The maximum absolute atomic E-state index is 6.36. The Balaban J connectivity index is 1.64. The number of aromatic nitrogens is 3. The summed E-state index contributed by atoms with van der Waals surface area (Å²) in [7, 11) is 3.69. The maximum atomic E-state index is 6.36. The normalized spacial score (nSPS) is 16.7. The van der Waals surface area contributed by atoms with Gasteiger partial charge in [0.25, 0.3) is 0 Å². The third kappa shape index (κ3) is 3.35. The Morgan fingerprint density at radius 1 is 1.22 bits per heavy atom. The van der Waals surface area contributed by atoms with Crippen LogP contribution in [0.2, 0.25) is 5.02 Å². The molecule has 6 nitrogen and oxygen atoms in total. The Labute approximate surface area is 164 Å². The van der Waals surface area contributed by atoms with Gasteiger partial charge in [-0.05, 0) is 45.0 Å². The van der Waals surface area contributed by atoms with Gasteiger partial charge >= 0.3 is 0 Å². The fourth-order valence-corrected chi connectivity index (χ4v) is 3.84. The van der Waals surface area contributed by atoms with Gasteiger partial charge in [0.1, 0.15) is 11.6 Å². The first-order valence-corrected chi connectivity index (χ1v) is 9.52. The van der Waals surface area contributed by atoms with E-state index < -0.39 is 0 Å². The first-order chi connectivity index (χ1) is 13.0. The van der Waals surface area contributed by atoms with E-state index in [1.807, 2.05) is 25.5 Å². The average Bonchev–Trinajstić information content (AvgIpc) is 3.09. The smallest absolute Gasteiger partial charge is 0.137 e. The van der Waals surface area contributed by atoms with Crippen LogP contribution in [0.4, 0.5) is 5.82 Å². The second kappa shape index (κ2) is 7.02. The van der Waals surface area contributed by atoms with Gasteiger partial charge in [0, 0.05) is 36.0 Å². The Bertz CT molecular complexity index is 945. The van der Waals surface area contributed by atoms with Crippen LogP contribution in [-0.4, -0.2) is 47.4 Å². The molecule has 0 amide bonds. The molecule has 142 valence electrons. The molecule has 3 aromatic rings. The van der Waals surface area contributed by atoms with Crippen molar-refractivity contribution in [3.05, 3.63) is 41.8 Å². The van der Waals surface area contributed by atoms with Crippen LogP contribution in [0.1, 0.15) is 19.8 Å². The van der Waals surface area contributed by atoms with Crippen molar-refractivity contribution in [2.75, 3.05) is 32.1 Å². The second-order valence-corrected chi connectivity index (χ2v) is 7.69. The number of piperidine rings is 1. The van der Waals surface area contributed by atoms with Crippen LogP contribution in [0.3, 0.4) is 0 Å². The number of nitrogens with zero attached hydrogens (tertiary/aromatic N) is 4. The SMILES string of the molecule is CNC1(C)CCN(c2ccc(-c3cc(OC)cn4ncc(Cl)c34)cn2)CC1. The summed E-state index contributed by atoms with van der Waals surface area (Å²) in [5.74, 6) is 1.74. The number of rotatable bonds is 4. The van der Waals surface area contributed by atoms with Gasteiger partial charge in [0.2, 0.25) is 0 Å². The number of hydrogen-bond acceptors (Lipinski definition) is 5. The van der Waals surface area contributed by atoms with E-state index in [0.29, 0.717) is 5.02 Å². The molecule has 1 N–H and O–H groups in total. The molecular formula is C20H24ClN5O. The van der Waals surface area contributed by atoms with Crippen LogP contribution in [0, 0.1) is 0 Å². The quantitative estimate of drug-likeness (QED) is 0.743. The van der Waals surface area contributed by atoms with E-state index in [-0.39, 0.29) is 5.54 Å². The molecule has 1 saturated heterocycles. The van der Waals surface area contributed by atoms with E-state index in [0.717, 1.165) is 54.1 Å². The number of anilines is 1. The minimum Gasteiger partial charge on any atom is -0.495 e. The zero-order valence-corrected chi connectivity index (χ0v) is 16.6. The number of hydrogen-bond donors (Lipinski definition) is 1. The first kappa shape index (κ1) is 18.1. The molecule has 0 spiro atoms. The summed E-state index contributed by atoms with van der Waals surface area (Å²) in [6.07, 6.45) is 7.58. The fraction of sp³-hybridized carbons (Fsp3) is 0.400. The summed E-state index contributed by atoms with van der Waals surface area (Å²) in [4.78, 5) is 7.06. The molecule has 1 aliphatic rings. The molecule has 1 aliphatic heterocycles. The molecule has 0 aromatic carbocycles. The number of pyridine rings is 2. The highest BCUT2D eigenvalue weighted by Crippen LogP contribution is 2.33. The molecule has 27 heavy (non-hydrogen) atoms. The zero-order chi connectivity index (χ0) is 19.0. The molecule has 3 aromatic heterocycles.